The highest BCUT2D eigenvalue weighted by atomic mass is 16.3. The molecule has 1 nitrogen and oxygen atoms in total. The van der Waals surface area contributed by atoms with E-state index in [2.05, 4.69) is 13.8 Å². The number of aliphatic hydroxyl groups excluding tert-OH is 1. The lowest BCUT2D eigenvalue weighted by Gasteiger charge is -2.28. The molecule has 1 aliphatic carbocycles. The molecule has 1 heteroatoms. The third-order valence-electron chi connectivity index (χ3n) is 2.57. The number of hydrogen-bond acceptors (Lipinski definition) is 1. The molecule has 1 N–H and O–H groups in total. The first-order valence-corrected chi connectivity index (χ1v) is 3.88. The van der Waals surface area contributed by atoms with Gasteiger partial charge in [0.05, 0.1) is 6.10 Å². The number of aliphatic hydroxyl groups is 1. The molecule has 1 unspecified atom stereocenters. The van der Waals surface area contributed by atoms with Crippen molar-refractivity contribution >= 4 is 0 Å². The monoisotopic (exact) mass is 128 g/mol. The van der Waals surface area contributed by atoms with E-state index in [1.807, 2.05) is 0 Å². The normalized spacial score (nSPS) is 45.0. The van der Waals surface area contributed by atoms with E-state index in [0.29, 0.717) is 0 Å². The smallest absolute Gasteiger partial charge is 0.0543 e. The van der Waals surface area contributed by atoms with E-state index in [-0.39, 0.29) is 6.10 Å². The van der Waals surface area contributed by atoms with Crippen molar-refractivity contribution in [2.75, 3.05) is 0 Å². The zero-order chi connectivity index (χ0) is 6.85. The second-order valence-electron chi connectivity index (χ2n) is 3.42. The van der Waals surface area contributed by atoms with E-state index in [9.17, 15) is 5.11 Å². The maximum absolute atomic E-state index is 9.20. The van der Waals surface area contributed by atoms with Gasteiger partial charge in [0.15, 0.2) is 0 Å². The van der Waals surface area contributed by atoms with Crippen LogP contribution in [-0.2, 0) is 0 Å². The lowest BCUT2D eigenvalue weighted by atomic mass is 9.80. The van der Waals surface area contributed by atoms with Crippen LogP contribution in [0.3, 0.4) is 0 Å². The minimum atomic E-state index is -0.00352. The molecule has 0 spiro atoms. The summed E-state index contributed by atoms with van der Waals surface area (Å²) in [6, 6.07) is 0. The first kappa shape index (κ1) is 7.07. The van der Waals surface area contributed by atoms with Crippen LogP contribution in [0.1, 0.15) is 33.1 Å². The number of rotatable bonds is 0. The molecule has 1 aliphatic rings. The highest BCUT2D eigenvalue weighted by Crippen LogP contribution is 2.28. The summed E-state index contributed by atoms with van der Waals surface area (Å²) in [7, 11) is 0. The molecule has 3 atom stereocenters. The summed E-state index contributed by atoms with van der Waals surface area (Å²) in [5.41, 5.74) is 0. The van der Waals surface area contributed by atoms with Gasteiger partial charge in [-0.15, -0.1) is 0 Å². The molecular formula is C8H16O. The van der Waals surface area contributed by atoms with Gasteiger partial charge in [0.1, 0.15) is 0 Å². The van der Waals surface area contributed by atoms with Crippen molar-refractivity contribution in [3.05, 3.63) is 0 Å². The van der Waals surface area contributed by atoms with E-state index in [4.69, 9.17) is 0 Å². The molecular weight excluding hydrogens is 112 g/mol. The third-order valence-corrected chi connectivity index (χ3v) is 2.57. The average Bonchev–Trinajstić information content (AvgIpc) is 1.80. The van der Waals surface area contributed by atoms with Crippen molar-refractivity contribution in [3.8, 4) is 0 Å². The largest absolute Gasteiger partial charge is 0.393 e. The summed E-state index contributed by atoms with van der Waals surface area (Å²) in [4.78, 5) is 0. The highest BCUT2D eigenvalue weighted by Gasteiger charge is 2.22. The van der Waals surface area contributed by atoms with Gasteiger partial charge in [0, 0.05) is 0 Å². The van der Waals surface area contributed by atoms with Crippen molar-refractivity contribution in [1.29, 1.82) is 0 Å². The van der Waals surface area contributed by atoms with E-state index in [1.165, 1.54) is 6.42 Å². The Kier molecular flexibility index (Phi) is 2.12. The zero-order valence-electron chi connectivity index (χ0n) is 6.30. The quantitative estimate of drug-likeness (QED) is 0.527. The Labute approximate surface area is 57.1 Å². The maximum Gasteiger partial charge on any atom is 0.0543 e. The fourth-order valence-electron chi connectivity index (χ4n) is 1.52. The van der Waals surface area contributed by atoms with Crippen LogP contribution in [0, 0.1) is 11.8 Å². The Bertz CT molecular complexity index is 90.6. The zero-order valence-corrected chi connectivity index (χ0v) is 6.30. The summed E-state index contributed by atoms with van der Waals surface area (Å²) in [6.07, 6.45) is 3.24. The molecule has 0 radical (unpaired) electrons. The van der Waals surface area contributed by atoms with Crippen LogP contribution in [0.2, 0.25) is 0 Å². The van der Waals surface area contributed by atoms with Crippen LogP contribution in [0.15, 0.2) is 0 Å². The summed E-state index contributed by atoms with van der Waals surface area (Å²) < 4.78 is 0. The van der Waals surface area contributed by atoms with Gasteiger partial charge in [0.2, 0.25) is 0 Å². The molecule has 1 saturated carbocycles. The molecule has 1 fully saturated rings. The summed E-state index contributed by atoms with van der Waals surface area (Å²) in [6.45, 7) is 4.50. The molecule has 0 aliphatic heterocycles. The molecule has 0 aromatic heterocycles. The van der Waals surface area contributed by atoms with Gasteiger partial charge in [-0.3, -0.25) is 0 Å². The van der Waals surface area contributed by atoms with Crippen molar-refractivity contribution in [2.24, 2.45) is 11.8 Å². The Morgan fingerprint density at radius 2 is 1.78 bits per heavy atom. The molecule has 9 heavy (non-hydrogen) atoms. The van der Waals surface area contributed by atoms with Gasteiger partial charge in [0.25, 0.3) is 0 Å². The second-order valence-corrected chi connectivity index (χ2v) is 3.42. The van der Waals surface area contributed by atoms with Gasteiger partial charge in [-0.25, -0.2) is 0 Å². The topological polar surface area (TPSA) is 20.2 Å². The van der Waals surface area contributed by atoms with E-state index < -0.39 is 0 Å². The molecule has 0 aromatic rings. The Morgan fingerprint density at radius 3 is 2.22 bits per heavy atom. The van der Waals surface area contributed by atoms with Crippen LogP contribution in [-0.4, -0.2) is 11.2 Å². The standard InChI is InChI=1S/C8H16O/c1-6-3-4-8(9)5-7(6)2/h6-9H,3-5H2,1-2H3/t6-,7?,8+/m0/s1. The van der Waals surface area contributed by atoms with Crippen molar-refractivity contribution in [2.45, 2.75) is 39.2 Å². The van der Waals surface area contributed by atoms with E-state index in [1.54, 1.807) is 0 Å². The average molecular weight is 128 g/mol. The Morgan fingerprint density at radius 1 is 1.11 bits per heavy atom. The minimum Gasteiger partial charge on any atom is -0.393 e. The fraction of sp³-hybridized carbons (Fsp3) is 1.00. The number of hydrogen-bond donors (Lipinski definition) is 1. The molecule has 0 aromatic carbocycles. The highest BCUT2D eigenvalue weighted by molar-refractivity contribution is 4.73. The Hall–Kier alpha value is -0.0400. The molecule has 0 heterocycles. The summed E-state index contributed by atoms with van der Waals surface area (Å²) in [5, 5.41) is 9.20. The lowest BCUT2D eigenvalue weighted by molar-refractivity contribution is 0.0807. The molecule has 1 rings (SSSR count). The van der Waals surface area contributed by atoms with Crippen molar-refractivity contribution in [1.82, 2.24) is 0 Å². The summed E-state index contributed by atoms with van der Waals surface area (Å²) in [5.74, 6) is 1.56. The molecule has 0 saturated heterocycles. The van der Waals surface area contributed by atoms with Crippen LogP contribution >= 0.6 is 0 Å². The first-order chi connectivity index (χ1) is 4.20. The van der Waals surface area contributed by atoms with Crippen molar-refractivity contribution in [3.63, 3.8) is 0 Å². The molecule has 54 valence electrons. The van der Waals surface area contributed by atoms with Crippen LogP contribution in [0.5, 0.6) is 0 Å². The SMILES string of the molecule is CC1C[C@H](O)CC[C@@H]1C. The van der Waals surface area contributed by atoms with E-state index >= 15 is 0 Å². The predicted molar refractivity (Wildman–Crippen MR) is 38.2 cm³/mol. The van der Waals surface area contributed by atoms with Gasteiger partial charge in [-0.1, -0.05) is 13.8 Å². The van der Waals surface area contributed by atoms with Gasteiger partial charge < -0.3 is 5.11 Å². The lowest BCUT2D eigenvalue weighted by Crippen LogP contribution is -2.23. The van der Waals surface area contributed by atoms with Gasteiger partial charge >= 0.3 is 0 Å². The van der Waals surface area contributed by atoms with Crippen LogP contribution in [0.25, 0.3) is 0 Å². The second kappa shape index (κ2) is 2.70. The maximum atomic E-state index is 9.20. The fourth-order valence-corrected chi connectivity index (χ4v) is 1.52. The predicted octanol–water partition coefficient (Wildman–Crippen LogP) is 1.80. The third kappa shape index (κ3) is 1.68. The first-order valence-electron chi connectivity index (χ1n) is 3.88. The van der Waals surface area contributed by atoms with Crippen molar-refractivity contribution < 1.29 is 5.11 Å². The molecule has 0 bridgehead atoms. The van der Waals surface area contributed by atoms with Gasteiger partial charge in [-0.05, 0) is 31.1 Å². The summed E-state index contributed by atoms with van der Waals surface area (Å²) >= 11 is 0. The molecule has 0 amide bonds. The van der Waals surface area contributed by atoms with Crippen LogP contribution < -0.4 is 0 Å². The van der Waals surface area contributed by atoms with Crippen LogP contribution in [0.4, 0.5) is 0 Å². The van der Waals surface area contributed by atoms with E-state index in [0.717, 1.165) is 24.7 Å². The minimum absolute atomic E-state index is 0.00352. The Balaban J connectivity index is 2.35. The van der Waals surface area contributed by atoms with Gasteiger partial charge in [-0.2, -0.15) is 0 Å².